The van der Waals surface area contributed by atoms with Gasteiger partial charge in [0.25, 0.3) is 5.91 Å². The summed E-state index contributed by atoms with van der Waals surface area (Å²) in [5.41, 5.74) is 6.89. The molecule has 0 spiro atoms. The van der Waals surface area contributed by atoms with Crippen molar-refractivity contribution in [2.75, 3.05) is 13.1 Å². The van der Waals surface area contributed by atoms with Gasteiger partial charge >= 0.3 is 0 Å². The van der Waals surface area contributed by atoms with E-state index in [0.717, 1.165) is 24.0 Å². The van der Waals surface area contributed by atoms with Crippen molar-refractivity contribution in [1.82, 2.24) is 4.90 Å². The molecule has 2 aliphatic rings. The van der Waals surface area contributed by atoms with Crippen molar-refractivity contribution in [2.24, 2.45) is 17.6 Å². The maximum Gasteiger partial charge on any atom is 0.253 e. The molecule has 3 rings (SSSR count). The van der Waals surface area contributed by atoms with E-state index in [2.05, 4.69) is 15.9 Å². The Bertz CT molecular complexity index is 537. The number of hydrogen-bond donors (Lipinski definition) is 1. The second-order valence-corrected chi connectivity index (χ2v) is 7.12. The molecule has 1 aliphatic carbocycles. The molecular weight excluding hydrogens is 340 g/mol. The summed E-state index contributed by atoms with van der Waals surface area (Å²) >= 11 is 9.35. The van der Waals surface area contributed by atoms with Crippen LogP contribution in [0.2, 0.25) is 5.02 Å². The molecule has 1 heterocycles. The number of fused-ring (bicyclic) bond motifs is 1. The number of nitrogens with two attached hydrogens (primary N) is 1. The van der Waals surface area contributed by atoms with Gasteiger partial charge in [-0.15, -0.1) is 0 Å². The summed E-state index contributed by atoms with van der Waals surface area (Å²) in [6, 6.07) is 5.60. The van der Waals surface area contributed by atoms with Crippen molar-refractivity contribution in [3.63, 3.8) is 0 Å². The van der Waals surface area contributed by atoms with Crippen molar-refractivity contribution < 1.29 is 4.79 Å². The van der Waals surface area contributed by atoms with Crippen LogP contribution in [0, 0.1) is 11.8 Å². The zero-order chi connectivity index (χ0) is 14.3. The number of rotatable bonds is 1. The zero-order valence-electron chi connectivity index (χ0n) is 11.2. The molecule has 108 valence electrons. The van der Waals surface area contributed by atoms with Gasteiger partial charge in [0, 0.05) is 29.2 Å². The highest BCUT2D eigenvalue weighted by molar-refractivity contribution is 9.10. The highest BCUT2D eigenvalue weighted by Crippen LogP contribution is 2.36. The molecule has 20 heavy (non-hydrogen) atoms. The third kappa shape index (κ3) is 2.61. The lowest BCUT2D eigenvalue weighted by Gasteiger charge is -2.29. The fourth-order valence-corrected chi connectivity index (χ4v) is 3.99. The van der Waals surface area contributed by atoms with Crippen LogP contribution in [-0.4, -0.2) is 29.9 Å². The van der Waals surface area contributed by atoms with E-state index in [1.165, 1.54) is 12.8 Å². The third-order valence-corrected chi connectivity index (χ3v) is 5.82. The summed E-state index contributed by atoms with van der Waals surface area (Å²) in [4.78, 5) is 14.5. The minimum Gasteiger partial charge on any atom is -0.338 e. The first-order valence-electron chi connectivity index (χ1n) is 7.06. The van der Waals surface area contributed by atoms with Crippen molar-refractivity contribution >= 4 is 33.4 Å². The van der Waals surface area contributed by atoms with Crippen molar-refractivity contribution in [1.29, 1.82) is 0 Å². The van der Waals surface area contributed by atoms with Crippen LogP contribution in [0.4, 0.5) is 0 Å². The van der Waals surface area contributed by atoms with Crippen LogP contribution in [0.25, 0.3) is 0 Å². The highest BCUT2D eigenvalue weighted by atomic mass is 79.9. The van der Waals surface area contributed by atoms with Crippen LogP contribution >= 0.6 is 27.5 Å². The van der Waals surface area contributed by atoms with Crippen molar-refractivity contribution in [2.45, 2.75) is 25.3 Å². The molecule has 2 N–H and O–H groups in total. The summed E-state index contributed by atoms with van der Waals surface area (Å²) < 4.78 is 0.762. The average molecular weight is 358 g/mol. The Hall–Kier alpha value is -0.580. The molecule has 2 fully saturated rings. The van der Waals surface area contributed by atoms with Gasteiger partial charge in [0.15, 0.2) is 0 Å². The molecule has 1 aromatic rings. The molecule has 0 aromatic heterocycles. The third-order valence-electron chi connectivity index (χ3n) is 4.61. The number of likely N-dealkylation sites (tertiary alicyclic amines) is 1. The number of carbonyl (C=O) groups is 1. The molecule has 1 aliphatic heterocycles. The molecule has 1 saturated carbocycles. The number of nitrogens with zero attached hydrogens (tertiary/aromatic N) is 1. The normalized spacial score (nSPS) is 29.4. The van der Waals surface area contributed by atoms with E-state index in [1.54, 1.807) is 18.2 Å². The average Bonchev–Trinajstić information content (AvgIpc) is 2.86. The summed E-state index contributed by atoms with van der Waals surface area (Å²) in [6.07, 6.45) is 3.49. The standard InChI is InChI=1S/C15H18BrClN2O/c16-12-6-9(4-5-13(12)17)15(20)19-7-10-2-1-3-14(18)11(10)8-19/h4-6,10-11,14H,1-3,7-8,18H2. The molecule has 3 atom stereocenters. The van der Waals surface area contributed by atoms with E-state index in [1.807, 2.05) is 4.90 Å². The van der Waals surface area contributed by atoms with E-state index in [-0.39, 0.29) is 11.9 Å². The molecule has 0 bridgehead atoms. The van der Waals surface area contributed by atoms with Gasteiger partial charge in [-0.3, -0.25) is 4.79 Å². The second kappa shape index (κ2) is 5.66. The van der Waals surface area contributed by atoms with E-state index in [4.69, 9.17) is 17.3 Å². The molecular formula is C15H18BrClN2O. The van der Waals surface area contributed by atoms with E-state index >= 15 is 0 Å². The largest absolute Gasteiger partial charge is 0.338 e. The maximum atomic E-state index is 12.6. The van der Waals surface area contributed by atoms with Gasteiger partial charge in [-0.25, -0.2) is 0 Å². The van der Waals surface area contributed by atoms with Crippen molar-refractivity contribution in [3.8, 4) is 0 Å². The zero-order valence-corrected chi connectivity index (χ0v) is 13.5. The topological polar surface area (TPSA) is 46.3 Å². The monoisotopic (exact) mass is 356 g/mol. The Kier molecular flexibility index (Phi) is 4.07. The smallest absolute Gasteiger partial charge is 0.253 e. The lowest BCUT2D eigenvalue weighted by atomic mass is 9.78. The molecule has 1 amide bonds. The van der Waals surface area contributed by atoms with Gasteiger partial charge in [0.1, 0.15) is 0 Å². The molecule has 1 aromatic carbocycles. The van der Waals surface area contributed by atoms with E-state index in [9.17, 15) is 4.79 Å². The summed E-state index contributed by atoms with van der Waals surface area (Å²) in [5, 5.41) is 0.624. The Labute approximate surface area is 132 Å². The number of benzene rings is 1. The predicted molar refractivity (Wildman–Crippen MR) is 83.9 cm³/mol. The van der Waals surface area contributed by atoms with Gasteiger partial charge in [-0.1, -0.05) is 18.0 Å². The Balaban J connectivity index is 1.76. The summed E-state index contributed by atoms with van der Waals surface area (Å²) in [6.45, 7) is 1.64. The maximum absolute atomic E-state index is 12.6. The number of carbonyl (C=O) groups excluding carboxylic acids is 1. The van der Waals surface area contributed by atoms with Gasteiger partial charge in [0.2, 0.25) is 0 Å². The SMILES string of the molecule is NC1CCCC2CN(C(=O)c3ccc(Cl)c(Br)c3)CC12. The molecule has 1 saturated heterocycles. The van der Waals surface area contributed by atoms with Crippen LogP contribution < -0.4 is 5.73 Å². The van der Waals surface area contributed by atoms with Crippen LogP contribution in [0.1, 0.15) is 29.6 Å². The molecule has 3 unspecified atom stereocenters. The summed E-state index contributed by atoms with van der Waals surface area (Å²) in [5.74, 6) is 1.14. The highest BCUT2D eigenvalue weighted by Gasteiger charge is 2.40. The number of hydrogen-bond acceptors (Lipinski definition) is 2. The minimum atomic E-state index is 0.0870. The number of halogens is 2. The van der Waals surface area contributed by atoms with Crippen LogP contribution in [-0.2, 0) is 0 Å². The minimum absolute atomic E-state index is 0.0870. The lowest BCUT2D eigenvalue weighted by Crippen LogP contribution is -2.38. The number of amides is 1. The molecule has 3 nitrogen and oxygen atoms in total. The van der Waals surface area contributed by atoms with Gasteiger partial charge in [-0.2, -0.15) is 0 Å². The van der Waals surface area contributed by atoms with Gasteiger partial charge < -0.3 is 10.6 Å². The lowest BCUT2D eigenvalue weighted by molar-refractivity contribution is 0.0783. The molecule has 5 heteroatoms. The first-order chi connectivity index (χ1) is 9.56. The Morgan fingerprint density at radius 3 is 2.85 bits per heavy atom. The van der Waals surface area contributed by atoms with Crippen LogP contribution in [0.15, 0.2) is 22.7 Å². The first kappa shape index (κ1) is 14.4. The summed E-state index contributed by atoms with van der Waals surface area (Å²) in [7, 11) is 0. The molecule has 0 radical (unpaired) electrons. The first-order valence-corrected chi connectivity index (χ1v) is 8.23. The fourth-order valence-electron chi connectivity index (χ4n) is 3.49. The fraction of sp³-hybridized carbons (Fsp3) is 0.533. The van der Waals surface area contributed by atoms with Gasteiger partial charge in [-0.05, 0) is 58.8 Å². The van der Waals surface area contributed by atoms with Crippen LogP contribution in [0.3, 0.4) is 0 Å². The van der Waals surface area contributed by atoms with E-state index in [0.29, 0.717) is 22.4 Å². The van der Waals surface area contributed by atoms with Crippen molar-refractivity contribution in [3.05, 3.63) is 33.3 Å². The Morgan fingerprint density at radius 1 is 1.35 bits per heavy atom. The van der Waals surface area contributed by atoms with E-state index < -0.39 is 0 Å². The van der Waals surface area contributed by atoms with Gasteiger partial charge in [0.05, 0.1) is 5.02 Å². The predicted octanol–water partition coefficient (Wildman–Crippen LogP) is 3.30. The quantitative estimate of drug-likeness (QED) is 0.838. The Morgan fingerprint density at radius 2 is 2.15 bits per heavy atom. The van der Waals surface area contributed by atoms with Crippen LogP contribution in [0.5, 0.6) is 0 Å². The second-order valence-electron chi connectivity index (χ2n) is 5.86.